The highest BCUT2D eigenvalue weighted by Gasteiger charge is 2.11. The van der Waals surface area contributed by atoms with Gasteiger partial charge < -0.3 is 0 Å². The molecule has 0 fully saturated rings. The molecule has 1 heteroatoms. The van der Waals surface area contributed by atoms with E-state index in [0.29, 0.717) is 0 Å². The summed E-state index contributed by atoms with van der Waals surface area (Å²) < 4.78 is 0. The van der Waals surface area contributed by atoms with E-state index in [2.05, 4.69) is 67.6 Å². The second-order valence-corrected chi connectivity index (χ2v) is 9.08. The number of rotatable bonds is 12. The molecule has 0 bridgehead atoms. The summed E-state index contributed by atoms with van der Waals surface area (Å²) in [6.07, 6.45) is 16.4. The quantitative estimate of drug-likeness (QED) is 0.128. The van der Waals surface area contributed by atoms with Crippen LogP contribution in [0.25, 0.3) is 32.6 Å². The molecular weight excluding hydrogens is 374 g/mol. The van der Waals surface area contributed by atoms with Gasteiger partial charge in [-0.2, -0.15) is 0 Å². The van der Waals surface area contributed by atoms with E-state index in [1.54, 1.807) is 0 Å². The van der Waals surface area contributed by atoms with Gasteiger partial charge in [-0.25, -0.2) is 4.98 Å². The minimum absolute atomic E-state index is 1.13. The van der Waals surface area contributed by atoms with Crippen LogP contribution in [0.2, 0.25) is 0 Å². The van der Waals surface area contributed by atoms with Crippen molar-refractivity contribution in [2.24, 2.45) is 0 Å². The van der Waals surface area contributed by atoms with Gasteiger partial charge in [0.2, 0.25) is 0 Å². The number of fused-ring (bicyclic) bond motifs is 4. The smallest absolute Gasteiger partial charge is 0.0790 e. The zero-order chi connectivity index (χ0) is 21.3. The largest absolute Gasteiger partial charge is 0.247 e. The van der Waals surface area contributed by atoms with E-state index in [1.807, 2.05) is 0 Å². The Morgan fingerprint density at radius 3 is 1.90 bits per heavy atom. The van der Waals surface area contributed by atoms with Gasteiger partial charge in [-0.15, -0.1) is 0 Å². The molecule has 0 atom stereocenters. The lowest BCUT2D eigenvalue weighted by atomic mass is 9.95. The maximum atomic E-state index is 5.07. The van der Waals surface area contributed by atoms with Gasteiger partial charge in [0.1, 0.15) is 0 Å². The lowest BCUT2D eigenvalue weighted by molar-refractivity contribution is 0.550. The molecule has 31 heavy (non-hydrogen) atoms. The Kier molecular flexibility index (Phi) is 7.93. The van der Waals surface area contributed by atoms with Gasteiger partial charge in [0, 0.05) is 16.2 Å². The molecule has 162 valence electrons. The van der Waals surface area contributed by atoms with E-state index < -0.39 is 0 Å². The fraction of sp³-hybridized carbons (Fsp3) is 0.433. The molecule has 0 aliphatic rings. The van der Waals surface area contributed by atoms with Crippen molar-refractivity contribution in [1.29, 1.82) is 0 Å². The van der Waals surface area contributed by atoms with Gasteiger partial charge in [-0.1, -0.05) is 126 Å². The molecule has 0 aliphatic heterocycles. The van der Waals surface area contributed by atoms with E-state index >= 15 is 0 Å². The first kappa shape index (κ1) is 21.8. The fourth-order valence-electron chi connectivity index (χ4n) is 4.95. The fourth-order valence-corrected chi connectivity index (χ4v) is 4.95. The van der Waals surface area contributed by atoms with Crippen molar-refractivity contribution >= 4 is 32.6 Å². The van der Waals surface area contributed by atoms with Gasteiger partial charge in [-0.05, 0) is 29.9 Å². The Hall–Kier alpha value is -2.41. The average Bonchev–Trinajstić information content (AvgIpc) is 2.82. The number of hydrogen-bond donors (Lipinski definition) is 0. The lowest BCUT2D eigenvalue weighted by Gasteiger charge is -2.13. The van der Waals surface area contributed by atoms with Crippen LogP contribution < -0.4 is 0 Å². The van der Waals surface area contributed by atoms with Crippen LogP contribution in [0.4, 0.5) is 0 Å². The molecule has 0 saturated carbocycles. The topological polar surface area (TPSA) is 12.9 Å². The highest BCUT2D eigenvalue weighted by molar-refractivity contribution is 6.10. The Bertz CT molecular complexity index is 1110. The van der Waals surface area contributed by atoms with E-state index in [9.17, 15) is 0 Å². The summed E-state index contributed by atoms with van der Waals surface area (Å²) in [7, 11) is 0. The van der Waals surface area contributed by atoms with E-state index in [1.165, 1.54) is 97.7 Å². The van der Waals surface area contributed by atoms with Crippen LogP contribution in [0.5, 0.6) is 0 Å². The number of benzene rings is 3. The Labute approximate surface area is 187 Å². The summed E-state index contributed by atoms with van der Waals surface area (Å²) in [6, 6.07) is 21.9. The van der Waals surface area contributed by atoms with Crippen LogP contribution in [0.1, 0.15) is 83.1 Å². The number of nitrogens with zero attached hydrogens (tertiary/aromatic N) is 1. The van der Waals surface area contributed by atoms with Crippen LogP contribution in [0.15, 0.2) is 60.7 Å². The molecule has 4 rings (SSSR count). The highest BCUT2D eigenvalue weighted by Crippen LogP contribution is 2.32. The van der Waals surface area contributed by atoms with Crippen molar-refractivity contribution < 1.29 is 0 Å². The van der Waals surface area contributed by atoms with Gasteiger partial charge >= 0.3 is 0 Å². The minimum atomic E-state index is 1.13. The average molecular weight is 412 g/mol. The predicted molar refractivity (Wildman–Crippen MR) is 137 cm³/mol. The summed E-state index contributed by atoms with van der Waals surface area (Å²) in [4.78, 5) is 5.07. The van der Waals surface area contributed by atoms with E-state index in [0.717, 1.165) is 17.5 Å². The third-order valence-electron chi connectivity index (χ3n) is 6.72. The van der Waals surface area contributed by atoms with Gasteiger partial charge in [0.15, 0.2) is 0 Å². The van der Waals surface area contributed by atoms with Crippen LogP contribution >= 0.6 is 0 Å². The molecule has 1 nitrogen and oxygen atoms in total. The van der Waals surface area contributed by atoms with Crippen molar-refractivity contribution in [2.75, 3.05) is 0 Å². The zero-order valence-corrected chi connectivity index (χ0v) is 19.2. The number of unbranched alkanes of at least 4 members (excludes halogenated alkanes) is 10. The van der Waals surface area contributed by atoms with Gasteiger partial charge in [0.05, 0.1) is 11.0 Å². The monoisotopic (exact) mass is 411 g/mol. The molecule has 0 spiro atoms. The molecule has 1 heterocycles. The molecule has 0 amide bonds. The summed E-state index contributed by atoms with van der Waals surface area (Å²) in [5.41, 5.74) is 3.78. The van der Waals surface area contributed by atoms with Crippen LogP contribution in [0.3, 0.4) is 0 Å². The number of para-hydroxylation sites is 1. The van der Waals surface area contributed by atoms with Crippen molar-refractivity contribution in [3.63, 3.8) is 0 Å². The maximum Gasteiger partial charge on any atom is 0.0790 e. The zero-order valence-electron chi connectivity index (χ0n) is 19.2. The highest BCUT2D eigenvalue weighted by atomic mass is 14.7. The first-order valence-electron chi connectivity index (χ1n) is 12.6. The van der Waals surface area contributed by atoms with E-state index in [-0.39, 0.29) is 0 Å². The molecule has 3 aromatic carbocycles. The summed E-state index contributed by atoms with van der Waals surface area (Å²) in [5, 5.41) is 5.21. The van der Waals surface area contributed by atoms with Crippen molar-refractivity contribution in [1.82, 2.24) is 4.98 Å². The normalized spacial score (nSPS) is 11.6. The van der Waals surface area contributed by atoms with Gasteiger partial charge in [-0.3, -0.25) is 0 Å². The third-order valence-corrected chi connectivity index (χ3v) is 6.72. The Morgan fingerprint density at radius 1 is 0.548 bits per heavy atom. The SMILES string of the molecule is CCCCCCCCCCCCCc1c2ccccc2nc2c1ccc1ccccc12. The number of pyridine rings is 1. The third kappa shape index (κ3) is 5.45. The van der Waals surface area contributed by atoms with Crippen LogP contribution in [-0.4, -0.2) is 4.98 Å². The van der Waals surface area contributed by atoms with E-state index in [4.69, 9.17) is 4.98 Å². The maximum absolute atomic E-state index is 5.07. The van der Waals surface area contributed by atoms with Crippen molar-refractivity contribution in [3.8, 4) is 0 Å². The van der Waals surface area contributed by atoms with Crippen molar-refractivity contribution in [3.05, 3.63) is 66.2 Å². The van der Waals surface area contributed by atoms with Crippen LogP contribution in [-0.2, 0) is 6.42 Å². The minimum Gasteiger partial charge on any atom is -0.247 e. The second kappa shape index (κ2) is 11.3. The molecule has 0 saturated heterocycles. The Balaban J connectivity index is 1.39. The Morgan fingerprint density at radius 2 is 1.16 bits per heavy atom. The summed E-state index contributed by atoms with van der Waals surface area (Å²) in [6.45, 7) is 2.29. The number of hydrogen-bond acceptors (Lipinski definition) is 1. The lowest BCUT2D eigenvalue weighted by Crippen LogP contribution is -1.94. The molecule has 0 radical (unpaired) electrons. The molecule has 0 aliphatic carbocycles. The number of aryl methyl sites for hydroxylation is 1. The van der Waals surface area contributed by atoms with Crippen molar-refractivity contribution in [2.45, 2.75) is 84.0 Å². The molecule has 0 N–H and O–H groups in total. The van der Waals surface area contributed by atoms with Crippen LogP contribution in [0, 0.1) is 0 Å². The number of aromatic nitrogens is 1. The summed E-state index contributed by atoms with van der Waals surface area (Å²) in [5.74, 6) is 0. The van der Waals surface area contributed by atoms with Gasteiger partial charge in [0.25, 0.3) is 0 Å². The first-order valence-corrected chi connectivity index (χ1v) is 12.6. The summed E-state index contributed by atoms with van der Waals surface area (Å²) >= 11 is 0. The first-order chi connectivity index (χ1) is 15.4. The predicted octanol–water partition coefficient (Wildman–Crippen LogP) is 9.39. The molecule has 1 aromatic heterocycles. The molecule has 0 unspecified atom stereocenters. The molecular formula is C30H37N. The second-order valence-electron chi connectivity index (χ2n) is 9.08. The standard InChI is InChI=1S/C30H37N/c1-2-3-4-5-6-7-8-9-10-11-12-19-26-27-20-15-16-21-29(27)31-30-25-18-14-13-17-24(25)22-23-28(26)30/h13-18,20-23H,2-12,19H2,1H3. The molecule has 4 aromatic rings.